The van der Waals surface area contributed by atoms with Crippen molar-refractivity contribution in [3.05, 3.63) is 65.2 Å². The summed E-state index contributed by atoms with van der Waals surface area (Å²) >= 11 is 0. The maximum Gasteiger partial charge on any atom is 0.416 e. The molecular formula is C26H33F3N2O5S. The fourth-order valence-corrected chi connectivity index (χ4v) is 6.12. The number of nitrogens with one attached hydrogen (secondary N) is 1. The second-order valence-corrected chi connectivity index (χ2v) is 12.4. The number of aliphatic hydroxyl groups excluding tert-OH is 1. The van der Waals surface area contributed by atoms with Gasteiger partial charge in [-0.25, -0.2) is 13.2 Å². The molecule has 0 radical (unpaired) electrons. The zero-order valence-corrected chi connectivity index (χ0v) is 22.1. The van der Waals surface area contributed by atoms with Crippen molar-refractivity contribution in [1.29, 1.82) is 0 Å². The standard InChI is InChI=1S/C26H33F3N2O5S/c1-17-12-19-10-11-20(26(27,28)29)14-23(19)37(34,35)31(15-17)16-22(32)21(13-18-8-6-5-7-9-18)30-24(33)36-25(2,3)4/h5-11,14,17,21-22,32H,12-13,15-16H2,1-4H3,(H,30,33)/t17-,21+,22-/m1/s1. The number of aliphatic hydroxyl groups is 1. The first-order valence-corrected chi connectivity index (χ1v) is 13.4. The lowest BCUT2D eigenvalue weighted by atomic mass is 9.99. The highest BCUT2D eigenvalue weighted by atomic mass is 32.2. The fraction of sp³-hybridized carbons (Fsp3) is 0.500. The van der Waals surface area contributed by atoms with Gasteiger partial charge in [-0.15, -0.1) is 0 Å². The molecule has 11 heteroatoms. The second kappa shape index (κ2) is 11.0. The first-order valence-electron chi connectivity index (χ1n) is 12.0. The molecule has 1 aliphatic rings. The highest BCUT2D eigenvalue weighted by Gasteiger charge is 2.38. The van der Waals surface area contributed by atoms with Crippen LogP contribution in [0.25, 0.3) is 0 Å². The van der Waals surface area contributed by atoms with Gasteiger partial charge in [-0.2, -0.15) is 17.5 Å². The summed E-state index contributed by atoms with van der Waals surface area (Å²) in [4.78, 5) is 12.1. The molecule has 3 rings (SSSR count). The predicted molar refractivity (Wildman–Crippen MR) is 132 cm³/mol. The molecule has 2 aromatic rings. The number of β-amino-alcohol motifs (C(OH)–C–C–N with tert-alkyl or cyclic N) is 1. The Morgan fingerprint density at radius 3 is 2.41 bits per heavy atom. The number of amides is 1. The van der Waals surface area contributed by atoms with E-state index in [2.05, 4.69) is 5.32 Å². The molecule has 0 spiro atoms. The van der Waals surface area contributed by atoms with Crippen molar-refractivity contribution in [3.63, 3.8) is 0 Å². The van der Waals surface area contributed by atoms with Crippen LogP contribution in [0.2, 0.25) is 0 Å². The minimum absolute atomic E-state index is 0.0000803. The Hall–Kier alpha value is -2.63. The van der Waals surface area contributed by atoms with Gasteiger partial charge in [0.15, 0.2) is 0 Å². The first-order chi connectivity index (χ1) is 17.1. The third-order valence-corrected chi connectivity index (χ3v) is 7.87. The molecule has 0 bridgehead atoms. The Balaban J connectivity index is 1.91. The van der Waals surface area contributed by atoms with Gasteiger partial charge in [0, 0.05) is 13.1 Å². The number of benzene rings is 2. The average Bonchev–Trinajstić information content (AvgIpc) is 2.85. The van der Waals surface area contributed by atoms with Gasteiger partial charge >= 0.3 is 12.3 Å². The Bertz CT molecular complexity index is 1200. The predicted octanol–water partition coefficient (Wildman–Crippen LogP) is 4.39. The summed E-state index contributed by atoms with van der Waals surface area (Å²) in [7, 11) is -4.36. The molecule has 0 fully saturated rings. The van der Waals surface area contributed by atoms with E-state index in [1.54, 1.807) is 52.0 Å². The van der Waals surface area contributed by atoms with Gasteiger partial charge in [-0.3, -0.25) is 0 Å². The SMILES string of the molecule is C[C@@H]1Cc2ccc(C(F)(F)F)cc2S(=O)(=O)N(C[C@@H](O)[C@H](Cc2ccccc2)NC(=O)OC(C)(C)C)C1. The second-order valence-electron chi connectivity index (χ2n) is 10.5. The third-order valence-electron chi connectivity index (χ3n) is 5.95. The molecule has 1 aliphatic heterocycles. The van der Waals surface area contributed by atoms with Crippen LogP contribution in [-0.2, 0) is 33.8 Å². The third kappa shape index (κ3) is 7.68. The van der Waals surface area contributed by atoms with Crippen molar-refractivity contribution in [2.75, 3.05) is 13.1 Å². The number of halogens is 3. The molecule has 0 aliphatic carbocycles. The molecule has 1 heterocycles. The zero-order valence-electron chi connectivity index (χ0n) is 21.2. The number of sulfonamides is 1. The van der Waals surface area contributed by atoms with Crippen LogP contribution in [0.3, 0.4) is 0 Å². The number of carbonyl (C=O) groups is 1. The summed E-state index contributed by atoms with van der Waals surface area (Å²) in [5.74, 6) is -0.216. The van der Waals surface area contributed by atoms with Crippen LogP contribution in [0.4, 0.5) is 18.0 Å². The largest absolute Gasteiger partial charge is 0.444 e. The molecule has 1 amide bonds. The Morgan fingerprint density at radius 2 is 1.81 bits per heavy atom. The van der Waals surface area contributed by atoms with E-state index >= 15 is 0 Å². The summed E-state index contributed by atoms with van der Waals surface area (Å²) in [6, 6.07) is 10.8. The summed E-state index contributed by atoms with van der Waals surface area (Å²) in [6.07, 6.45) is -6.41. The van der Waals surface area contributed by atoms with E-state index in [1.807, 2.05) is 6.07 Å². The molecule has 0 saturated carbocycles. The van der Waals surface area contributed by atoms with Gasteiger partial charge in [-0.05, 0) is 62.8 Å². The first kappa shape index (κ1) is 28.9. The summed E-state index contributed by atoms with van der Waals surface area (Å²) in [6.45, 7) is 6.44. The van der Waals surface area contributed by atoms with Gasteiger partial charge in [0.05, 0.1) is 22.6 Å². The van der Waals surface area contributed by atoms with Crippen LogP contribution in [0, 0.1) is 5.92 Å². The van der Waals surface area contributed by atoms with Crippen LogP contribution < -0.4 is 5.32 Å². The monoisotopic (exact) mass is 542 g/mol. The van der Waals surface area contributed by atoms with Crippen LogP contribution in [0.5, 0.6) is 0 Å². The molecule has 3 atom stereocenters. The van der Waals surface area contributed by atoms with E-state index in [-0.39, 0.29) is 25.3 Å². The normalized spacial score (nSPS) is 19.8. The van der Waals surface area contributed by atoms with Crippen molar-refractivity contribution in [3.8, 4) is 0 Å². The number of hydrogen-bond donors (Lipinski definition) is 2. The van der Waals surface area contributed by atoms with Gasteiger partial charge in [0.25, 0.3) is 0 Å². The highest BCUT2D eigenvalue weighted by molar-refractivity contribution is 7.89. The number of carbonyl (C=O) groups excluding carboxylic acids is 1. The lowest BCUT2D eigenvalue weighted by molar-refractivity contribution is -0.137. The molecule has 2 N–H and O–H groups in total. The maximum atomic E-state index is 13.5. The number of fused-ring (bicyclic) bond motifs is 1. The summed E-state index contributed by atoms with van der Waals surface area (Å²) in [5, 5.41) is 13.8. The maximum absolute atomic E-state index is 13.5. The number of ether oxygens (including phenoxy) is 1. The number of hydrogen-bond acceptors (Lipinski definition) is 5. The van der Waals surface area contributed by atoms with Gasteiger partial charge in [-0.1, -0.05) is 43.3 Å². The van der Waals surface area contributed by atoms with E-state index in [4.69, 9.17) is 4.74 Å². The van der Waals surface area contributed by atoms with Gasteiger partial charge in [0.2, 0.25) is 10.0 Å². The number of alkyl halides is 3. The van der Waals surface area contributed by atoms with Gasteiger partial charge in [0.1, 0.15) is 5.60 Å². The zero-order chi connectivity index (χ0) is 27.6. The van der Waals surface area contributed by atoms with E-state index in [0.717, 1.165) is 15.9 Å². The molecule has 0 unspecified atom stereocenters. The van der Waals surface area contributed by atoms with Crippen LogP contribution in [0.1, 0.15) is 44.4 Å². The van der Waals surface area contributed by atoms with E-state index < -0.39 is 57.0 Å². The Morgan fingerprint density at radius 1 is 1.16 bits per heavy atom. The van der Waals surface area contributed by atoms with Gasteiger partial charge < -0.3 is 15.2 Å². The molecule has 204 valence electrons. The quantitative estimate of drug-likeness (QED) is 0.565. The molecule has 2 aromatic carbocycles. The Kier molecular flexibility index (Phi) is 8.60. The van der Waals surface area contributed by atoms with E-state index in [9.17, 15) is 31.5 Å². The lowest BCUT2D eigenvalue weighted by Gasteiger charge is -2.30. The van der Waals surface area contributed by atoms with Crippen molar-refractivity contribution >= 4 is 16.1 Å². The Labute approximate surface area is 215 Å². The van der Waals surface area contributed by atoms with Crippen molar-refractivity contribution in [2.45, 2.75) is 69.4 Å². The lowest BCUT2D eigenvalue weighted by Crippen LogP contribution is -2.51. The van der Waals surface area contributed by atoms with Crippen LogP contribution in [-0.4, -0.2) is 54.8 Å². The number of nitrogens with zero attached hydrogens (tertiary/aromatic N) is 1. The average molecular weight is 543 g/mol. The smallest absolute Gasteiger partial charge is 0.416 e. The van der Waals surface area contributed by atoms with Crippen molar-refractivity contribution in [1.82, 2.24) is 9.62 Å². The minimum atomic E-state index is -4.70. The fourth-order valence-electron chi connectivity index (χ4n) is 4.28. The topological polar surface area (TPSA) is 95.9 Å². The van der Waals surface area contributed by atoms with Crippen molar-refractivity contribution < 1.29 is 36.2 Å². The molecule has 0 saturated heterocycles. The van der Waals surface area contributed by atoms with Crippen molar-refractivity contribution in [2.24, 2.45) is 5.92 Å². The van der Waals surface area contributed by atoms with E-state index in [1.165, 1.54) is 6.07 Å². The number of alkyl carbamates (subject to hydrolysis) is 1. The summed E-state index contributed by atoms with van der Waals surface area (Å²) in [5.41, 5.74) is -0.769. The van der Waals surface area contributed by atoms with Crippen LogP contribution >= 0.6 is 0 Å². The number of rotatable bonds is 6. The molecule has 7 nitrogen and oxygen atoms in total. The molecular weight excluding hydrogens is 509 g/mol. The highest BCUT2D eigenvalue weighted by Crippen LogP contribution is 2.35. The minimum Gasteiger partial charge on any atom is -0.444 e. The van der Waals surface area contributed by atoms with Crippen LogP contribution in [0.15, 0.2) is 53.4 Å². The summed E-state index contributed by atoms with van der Waals surface area (Å²) < 4.78 is 73.4. The molecule has 0 aromatic heterocycles. The molecule has 37 heavy (non-hydrogen) atoms. The van der Waals surface area contributed by atoms with E-state index in [0.29, 0.717) is 11.6 Å².